The number of aromatic nitrogens is 1. The zero-order chi connectivity index (χ0) is 25.4. The molecular formula is C31H35N3OS. The number of thioether (sulfide) groups is 1. The first kappa shape index (κ1) is 24.6. The van der Waals surface area contributed by atoms with Gasteiger partial charge in [0.05, 0.1) is 10.6 Å². The predicted octanol–water partition coefficient (Wildman–Crippen LogP) is 7.89. The molecule has 2 aromatic carbocycles. The minimum Gasteiger partial charge on any atom is -0.318 e. The van der Waals surface area contributed by atoms with Crippen molar-refractivity contribution in [2.24, 2.45) is 10.9 Å². The van der Waals surface area contributed by atoms with Gasteiger partial charge in [-0.15, -0.1) is 0 Å². The van der Waals surface area contributed by atoms with Gasteiger partial charge in [-0.1, -0.05) is 44.0 Å². The van der Waals surface area contributed by atoms with E-state index >= 15 is 0 Å². The topological polar surface area (TPSA) is 37.6 Å². The van der Waals surface area contributed by atoms with Crippen molar-refractivity contribution >= 4 is 34.6 Å². The van der Waals surface area contributed by atoms with Gasteiger partial charge in [0.1, 0.15) is 0 Å². The quantitative estimate of drug-likeness (QED) is 0.344. The van der Waals surface area contributed by atoms with Gasteiger partial charge in [0, 0.05) is 23.1 Å². The molecule has 4 nitrogen and oxygen atoms in total. The van der Waals surface area contributed by atoms with Crippen LogP contribution in [0.1, 0.15) is 60.7 Å². The number of carbonyl (C=O) groups is 1. The Labute approximate surface area is 219 Å². The molecule has 1 aliphatic carbocycles. The molecule has 2 heterocycles. The number of hydrogen-bond donors (Lipinski definition) is 0. The molecule has 0 radical (unpaired) electrons. The number of carbonyl (C=O) groups excluding carboxylic acids is 1. The number of aryl methyl sites for hydroxylation is 3. The molecule has 2 aliphatic rings. The van der Waals surface area contributed by atoms with E-state index in [-0.39, 0.29) is 11.9 Å². The standard InChI is InChI=1S/C31H35N3OS/c1-20-15-16-27(17-22(20)3)33-23(4)18-25(24(33)5)19-29-30(35)34(28-14-10-9-11-21(28)2)31(36-29)32-26-12-7-6-8-13-26/h6-8,12-13,15-19,21,28H,9-11,14H2,1-5H3/b29-19-,32-31?/t21-,28+/m0/s1. The maximum absolute atomic E-state index is 13.9. The van der Waals surface area contributed by atoms with Gasteiger partial charge < -0.3 is 4.57 Å². The van der Waals surface area contributed by atoms with E-state index in [1.165, 1.54) is 29.3 Å². The lowest BCUT2D eigenvalue weighted by atomic mass is 9.85. The van der Waals surface area contributed by atoms with Crippen LogP contribution in [0.25, 0.3) is 11.8 Å². The molecule has 1 aliphatic heterocycles. The Morgan fingerprint density at radius 2 is 1.69 bits per heavy atom. The van der Waals surface area contributed by atoms with Gasteiger partial charge in [0.15, 0.2) is 5.17 Å². The van der Waals surface area contributed by atoms with Crippen LogP contribution in [-0.4, -0.2) is 26.6 Å². The first-order chi connectivity index (χ1) is 17.3. The van der Waals surface area contributed by atoms with E-state index in [9.17, 15) is 4.79 Å². The van der Waals surface area contributed by atoms with Crippen molar-refractivity contribution in [3.05, 3.63) is 87.6 Å². The zero-order valence-electron chi connectivity index (χ0n) is 21.9. The Morgan fingerprint density at radius 3 is 2.42 bits per heavy atom. The van der Waals surface area contributed by atoms with Crippen molar-refractivity contribution in [3.8, 4) is 5.69 Å². The van der Waals surface area contributed by atoms with E-state index in [0.717, 1.165) is 57.7 Å². The summed E-state index contributed by atoms with van der Waals surface area (Å²) >= 11 is 1.51. The number of hydrogen-bond acceptors (Lipinski definition) is 3. The molecule has 0 spiro atoms. The molecule has 1 saturated heterocycles. The summed E-state index contributed by atoms with van der Waals surface area (Å²) in [6.45, 7) is 10.8. The predicted molar refractivity (Wildman–Crippen MR) is 152 cm³/mol. The van der Waals surface area contributed by atoms with E-state index < -0.39 is 0 Å². The molecule has 1 aromatic heterocycles. The summed E-state index contributed by atoms with van der Waals surface area (Å²) in [7, 11) is 0. The van der Waals surface area contributed by atoms with Crippen LogP contribution in [0, 0.1) is 33.6 Å². The fourth-order valence-electron chi connectivity index (χ4n) is 5.49. The van der Waals surface area contributed by atoms with E-state index in [2.05, 4.69) is 69.5 Å². The zero-order valence-corrected chi connectivity index (χ0v) is 22.7. The Bertz CT molecular complexity index is 1350. The van der Waals surface area contributed by atoms with Gasteiger partial charge in [-0.05, 0) is 111 Å². The Hall–Kier alpha value is -3.05. The molecule has 36 heavy (non-hydrogen) atoms. The van der Waals surface area contributed by atoms with Crippen LogP contribution in [-0.2, 0) is 4.79 Å². The SMILES string of the molecule is Cc1ccc(-n2c(C)cc(/C=C3\SC(=Nc4ccccc4)N([C@@H]4CCCC[C@@H]4C)C3=O)c2C)cc1C. The smallest absolute Gasteiger partial charge is 0.267 e. The molecule has 3 aromatic rings. The van der Waals surface area contributed by atoms with Crippen molar-refractivity contribution in [2.45, 2.75) is 66.3 Å². The number of para-hydroxylation sites is 1. The van der Waals surface area contributed by atoms with Crippen LogP contribution in [0.15, 0.2) is 64.5 Å². The molecular weight excluding hydrogens is 462 g/mol. The molecule has 2 fully saturated rings. The molecule has 5 heteroatoms. The van der Waals surface area contributed by atoms with Gasteiger partial charge in [-0.3, -0.25) is 9.69 Å². The normalized spacial score (nSPS) is 22.7. The van der Waals surface area contributed by atoms with Gasteiger partial charge in [0.2, 0.25) is 0 Å². The highest BCUT2D eigenvalue weighted by Crippen LogP contribution is 2.40. The average molecular weight is 498 g/mol. The van der Waals surface area contributed by atoms with Crippen LogP contribution in [0.3, 0.4) is 0 Å². The molecule has 5 rings (SSSR count). The Morgan fingerprint density at radius 1 is 0.944 bits per heavy atom. The largest absolute Gasteiger partial charge is 0.318 e. The number of benzene rings is 2. The highest BCUT2D eigenvalue weighted by Gasteiger charge is 2.41. The summed E-state index contributed by atoms with van der Waals surface area (Å²) in [5.41, 5.74) is 8.00. The van der Waals surface area contributed by atoms with Gasteiger partial charge in [-0.25, -0.2) is 4.99 Å². The molecule has 0 bridgehead atoms. The number of amides is 1. The Kier molecular flexibility index (Phi) is 6.94. The highest BCUT2D eigenvalue weighted by atomic mass is 32.2. The number of aliphatic imine (C=N–C) groups is 1. The highest BCUT2D eigenvalue weighted by molar-refractivity contribution is 8.18. The van der Waals surface area contributed by atoms with Crippen LogP contribution >= 0.6 is 11.8 Å². The lowest BCUT2D eigenvalue weighted by Gasteiger charge is -2.35. The maximum atomic E-state index is 13.9. The average Bonchev–Trinajstić information content (AvgIpc) is 3.31. The second kappa shape index (κ2) is 10.1. The summed E-state index contributed by atoms with van der Waals surface area (Å²) in [6.07, 6.45) is 6.67. The van der Waals surface area contributed by atoms with Crippen LogP contribution in [0.5, 0.6) is 0 Å². The fourth-order valence-corrected chi connectivity index (χ4v) is 6.52. The third kappa shape index (κ3) is 4.69. The van der Waals surface area contributed by atoms with Crippen LogP contribution < -0.4 is 0 Å². The summed E-state index contributed by atoms with van der Waals surface area (Å²) in [6, 6.07) is 18.9. The maximum Gasteiger partial charge on any atom is 0.267 e. The lowest BCUT2D eigenvalue weighted by molar-refractivity contribution is -0.124. The second-order valence-corrected chi connectivity index (χ2v) is 11.3. The first-order valence-corrected chi connectivity index (χ1v) is 13.8. The van der Waals surface area contributed by atoms with Crippen LogP contribution in [0.2, 0.25) is 0 Å². The third-order valence-electron chi connectivity index (χ3n) is 7.72. The molecule has 0 unspecified atom stereocenters. The summed E-state index contributed by atoms with van der Waals surface area (Å²) in [5.74, 6) is 0.558. The van der Waals surface area contributed by atoms with Crippen molar-refractivity contribution in [3.63, 3.8) is 0 Å². The second-order valence-electron chi connectivity index (χ2n) is 10.3. The van der Waals surface area contributed by atoms with Crippen molar-refractivity contribution in [2.75, 3.05) is 0 Å². The number of amidine groups is 1. The number of rotatable bonds is 4. The fraction of sp³-hybridized carbons (Fsp3) is 0.355. The summed E-state index contributed by atoms with van der Waals surface area (Å²) in [5, 5.41) is 0.805. The van der Waals surface area contributed by atoms with E-state index in [4.69, 9.17) is 4.99 Å². The molecule has 186 valence electrons. The molecule has 1 amide bonds. The van der Waals surface area contributed by atoms with E-state index in [1.807, 2.05) is 35.2 Å². The Balaban J connectivity index is 1.54. The molecule has 0 N–H and O–H groups in total. The summed E-state index contributed by atoms with van der Waals surface area (Å²) in [4.78, 5) is 21.5. The third-order valence-corrected chi connectivity index (χ3v) is 8.70. The lowest BCUT2D eigenvalue weighted by Crippen LogP contribution is -2.44. The van der Waals surface area contributed by atoms with Gasteiger partial charge in [0.25, 0.3) is 5.91 Å². The van der Waals surface area contributed by atoms with Crippen molar-refractivity contribution < 1.29 is 4.79 Å². The first-order valence-electron chi connectivity index (χ1n) is 13.0. The van der Waals surface area contributed by atoms with Crippen molar-refractivity contribution in [1.82, 2.24) is 9.47 Å². The van der Waals surface area contributed by atoms with E-state index in [1.54, 1.807) is 0 Å². The van der Waals surface area contributed by atoms with Gasteiger partial charge >= 0.3 is 0 Å². The molecule has 2 atom stereocenters. The van der Waals surface area contributed by atoms with Crippen molar-refractivity contribution in [1.29, 1.82) is 0 Å². The minimum atomic E-state index is 0.0874. The summed E-state index contributed by atoms with van der Waals surface area (Å²) < 4.78 is 2.28. The number of nitrogens with zero attached hydrogens (tertiary/aromatic N) is 3. The molecule has 1 saturated carbocycles. The van der Waals surface area contributed by atoms with Crippen LogP contribution in [0.4, 0.5) is 5.69 Å². The monoisotopic (exact) mass is 497 g/mol. The van der Waals surface area contributed by atoms with Gasteiger partial charge in [-0.2, -0.15) is 0 Å². The minimum absolute atomic E-state index is 0.0874. The van der Waals surface area contributed by atoms with E-state index in [0.29, 0.717) is 5.92 Å².